The standard InChI is InChI=1S/C43H68N4O9/c1-4-23(2)41(53)55-32-19-30-38(52)35-31(51)18-29(21-48)54-40(35)36-37(25-12-14-46-34(45)16-25)43(22-49,27-7-5-9-28(50)17-27)13-6-8-26(42(32,3)56-39(30)36)15-24-10-11-33(44)47-20-24/h4,24-30,32-40,46-50,52H,5,7-12,14-22,44-45H2,1-3H3/p+1. The predicted molar refractivity (Wildman–Crippen MR) is 207 cm³/mol. The summed E-state index contributed by atoms with van der Waals surface area (Å²) >= 11 is 0. The first-order valence-corrected chi connectivity index (χ1v) is 21.7. The van der Waals surface area contributed by atoms with Crippen LogP contribution in [0.1, 0.15) is 97.8 Å². The smallest absolute Gasteiger partial charge is 0.333 e. The highest BCUT2D eigenvalue weighted by atomic mass is 16.6. The van der Waals surface area contributed by atoms with Gasteiger partial charge in [-0.2, -0.15) is 0 Å². The first kappa shape index (κ1) is 42.2. The molecule has 18 atom stereocenters. The van der Waals surface area contributed by atoms with Crippen LogP contribution in [0.3, 0.4) is 0 Å². The Morgan fingerprint density at radius 2 is 1.91 bits per heavy atom. The van der Waals surface area contributed by atoms with Crippen LogP contribution in [0.15, 0.2) is 11.6 Å². The van der Waals surface area contributed by atoms with Gasteiger partial charge in [0.1, 0.15) is 23.7 Å². The Bertz CT molecular complexity index is 1510. The molecule has 7 rings (SSSR count). The molecule has 18 unspecified atom stereocenters. The summed E-state index contributed by atoms with van der Waals surface area (Å²) in [5.74, 6) is 4.27. The summed E-state index contributed by atoms with van der Waals surface area (Å²) in [4.78, 5) is 27.9. The van der Waals surface area contributed by atoms with Crippen LogP contribution in [0.5, 0.6) is 0 Å². The minimum absolute atomic E-state index is 0.0247. The molecule has 5 aliphatic heterocycles. The number of hydrogen-bond acceptors (Lipinski definition) is 12. The van der Waals surface area contributed by atoms with E-state index in [0.29, 0.717) is 43.7 Å². The predicted octanol–water partition coefficient (Wildman–Crippen LogP) is 0.456. The maximum Gasteiger partial charge on any atom is 0.333 e. The molecular formula is C43H69N4O9+. The van der Waals surface area contributed by atoms with Crippen LogP contribution in [0.2, 0.25) is 0 Å². The van der Waals surface area contributed by atoms with E-state index in [4.69, 9.17) is 25.7 Å². The largest absolute Gasteiger partial charge is 0.456 e. The first-order chi connectivity index (χ1) is 26.8. The zero-order valence-electron chi connectivity index (χ0n) is 33.7. The fourth-order valence-electron chi connectivity index (χ4n) is 12.5. The van der Waals surface area contributed by atoms with Gasteiger partial charge in [-0.15, -0.1) is 5.92 Å². The molecule has 11 N–H and O–H groups in total. The molecule has 4 saturated heterocycles. The number of esters is 1. The minimum Gasteiger partial charge on any atom is -0.456 e. The van der Waals surface area contributed by atoms with Gasteiger partial charge in [-0.1, -0.05) is 18.4 Å². The highest BCUT2D eigenvalue weighted by Crippen LogP contribution is 2.60. The molecule has 0 spiro atoms. The van der Waals surface area contributed by atoms with Gasteiger partial charge in [-0.05, 0) is 96.4 Å². The van der Waals surface area contributed by atoms with Crippen molar-refractivity contribution >= 4 is 11.8 Å². The van der Waals surface area contributed by atoms with E-state index >= 15 is 0 Å². The Balaban J connectivity index is 1.45. The molecule has 0 aromatic rings. The van der Waals surface area contributed by atoms with Crippen LogP contribution in [0, 0.1) is 64.6 Å². The quantitative estimate of drug-likeness (QED) is 0.0956. The van der Waals surface area contributed by atoms with Gasteiger partial charge in [0, 0.05) is 48.5 Å². The van der Waals surface area contributed by atoms with E-state index in [1.54, 1.807) is 19.9 Å². The van der Waals surface area contributed by atoms with E-state index in [1.165, 1.54) is 0 Å². The van der Waals surface area contributed by atoms with Gasteiger partial charge in [0.2, 0.25) is 0 Å². The fraction of sp³-hybridized carbons (Fsp3) is 0.860. The number of quaternary nitrogens is 1. The van der Waals surface area contributed by atoms with Gasteiger partial charge in [-0.3, -0.25) is 10.5 Å². The van der Waals surface area contributed by atoms with Crippen LogP contribution < -0.4 is 22.1 Å². The first-order valence-electron chi connectivity index (χ1n) is 21.7. The Hall–Kier alpha value is -1.96. The Morgan fingerprint density at radius 1 is 1.11 bits per heavy atom. The van der Waals surface area contributed by atoms with E-state index in [1.807, 2.05) is 6.92 Å². The average molecular weight is 786 g/mol. The van der Waals surface area contributed by atoms with Gasteiger partial charge in [0.15, 0.2) is 0 Å². The number of piperidine rings is 2. The highest BCUT2D eigenvalue weighted by molar-refractivity contribution is 5.87. The summed E-state index contributed by atoms with van der Waals surface area (Å²) in [5, 5.41) is 51.7. The molecule has 2 saturated carbocycles. The minimum atomic E-state index is -1.15. The van der Waals surface area contributed by atoms with E-state index in [-0.39, 0.29) is 61.9 Å². The third-order valence-corrected chi connectivity index (χ3v) is 15.6. The lowest BCUT2D eigenvalue weighted by molar-refractivity contribution is -0.703. The summed E-state index contributed by atoms with van der Waals surface area (Å²) < 4.78 is 20.9. The third kappa shape index (κ3) is 7.89. The van der Waals surface area contributed by atoms with Gasteiger partial charge in [0.05, 0.1) is 67.8 Å². The molecule has 0 aromatic heterocycles. The fourth-order valence-corrected chi connectivity index (χ4v) is 12.5. The molecule has 0 radical (unpaired) electrons. The topological polar surface area (TPSA) is 223 Å². The molecule has 56 heavy (non-hydrogen) atoms. The van der Waals surface area contributed by atoms with Crippen molar-refractivity contribution in [2.45, 2.75) is 152 Å². The average Bonchev–Trinajstić information content (AvgIpc) is 3.18. The Kier molecular flexibility index (Phi) is 13.1. The number of hydrogen-bond donors (Lipinski definition) is 8. The van der Waals surface area contributed by atoms with E-state index in [9.17, 15) is 30.0 Å². The number of aliphatic hydroxyl groups is 4. The summed E-state index contributed by atoms with van der Waals surface area (Å²) in [6, 6.07) is 0. The second-order valence-electron chi connectivity index (χ2n) is 18.8. The van der Waals surface area contributed by atoms with Crippen molar-refractivity contribution in [3.63, 3.8) is 0 Å². The van der Waals surface area contributed by atoms with Crippen molar-refractivity contribution in [3.05, 3.63) is 11.6 Å². The van der Waals surface area contributed by atoms with Gasteiger partial charge >= 0.3 is 5.97 Å². The number of carbonyl (C=O) groups is 2. The number of fused-ring (bicyclic) bond motifs is 3. The highest BCUT2D eigenvalue weighted by Gasteiger charge is 2.67. The van der Waals surface area contributed by atoms with Crippen LogP contribution in [0.25, 0.3) is 0 Å². The van der Waals surface area contributed by atoms with Gasteiger partial charge in [-0.25, -0.2) is 4.79 Å². The second kappa shape index (κ2) is 17.3. The van der Waals surface area contributed by atoms with Gasteiger partial charge < -0.3 is 51.0 Å². The molecule has 13 nitrogen and oxygen atoms in total. The number of allylic oxidation sites excluding steroid dienone is 1. The Morgan fingerprint density at radius 3 is 2.59 bits per heavy atom. The number of ketones is 1. The zero-order valence-corrected chi connectivity index (χ0v) is 33.7. The van der Waals surface area contributed by atoms with Crippen molar-refractivity contribution < 1.29 is 49.5 Å². The van der Waals surface area contributed by atoms with Crippen molar-refractivity contribution in [1.82, 2.24) is 5.32 Å². The van der Waals surface area contributed by atoms with Crippen molar-refractivity contribution in [2.24, 2.45) is 64.2 Å². The van der Waals surface area contributed by atoms with Crippen LogP contribution in [0.4, 0.5) is 0 Å². The number of carbonyl (C=O) groups excluding carboxylic acids is 2. The van der Waals surface area contributed by atoms with E-state index in [0.717, 1.165) is 45.1 Å². The lowest BCUT2D eigenvalue weighted by atomic mass is 9.48. The van der Waals surface area contributed by atoms with Crippen molar-refractivity contribution in [1.29, 1.82) is 0 Å². The van der Waals surface area contributed by atoms with Crippen molar-refractivity contribution in [2.75, 3.05) is 26.3 Å². The van der Waals surface area contributed by atoms with Crippen molar-refractivity contribution in [3.8, 4) is 11.8 Å². The molecular weight excluding hydrogens is 716 g/mol. The molecule has 0 aromatic carbocycles. The monoisotopic (exact) mass is 786 g/mol. The zero-order chi connectivity index (χ0) is 39.9. The van der Waals surface area contributed by atoms with Crippen LogP contribution in [-0.2, 0) is 23.8 Å². The second-order valence-corrected chi connectivity index (χ2v) is 18.8. The molecule has 0 amide bonds. The Labute approximate surface area is 332 Å². The van der Waals surface area contributed by atoms with E-state index < -0.39 is 77.3 Å². The van der Waals surface area contributed by atoms with Crippen LogP contribution >= 0.6 is 0 Å². The lowest BCUT2D eigenvalue weighted by Gasteiger charge is -2.63. The van der Waals surface area contributed by atoms with Gasteiger partial charge in [0.25, 0.3) is 0 Å². The maximum absolute atomic E-state index is 14.3. The maximum atomic E-state index is 14.3. The lowest BCUT2D eigenvalue weighted by Crippen LogP contribution is -2.95. The molecule has 5 heterocycles. The number of nitrogens with two attached hydrogens (primary N) is 3. The normalized spacial score (nSPS) is 48.5. The number of nitrogens with one attached hydrogen (secondary N) is 1. The summed E-state index contributed by atoms with van der Waals surface area (Å²) in [5.41, 5.74) is 11.4. The number of ether oxygens (including phenoxy) is 3. The molecule has 2 aliphatic carbocycles. The van der Waals surface area contributed by atoms with Crippen LogP contribution in [-0.4, -0.2) is 113 Å². The third-order valence-electron chi connectivity index (χ3n) is 15.6. The molecule has 314 valence electrons. The molecule has 6 fully saturated rings. The van der Waals surface area contributed by atoms with E-state index in [2.05, 4.69) is 22.5 Å². The summed E-state index contributed by atoms with van der Waals surface area (Å²) in [6.07, 6.45) is 4.18. The summed E-state index contributed by atoms with van der Waals surface area (Å²) in [7, 11) is 0. The molecule has 7 aliphatic rings. The SMILES string of the molecule is CC=C(C)C(=O)OC1CC2C(O)C3C(=O)CC(CO)OC3C3C2OC1(C)C(CC1CCC(N)[NH2+]C1)CC#CC(CO)(C1CCCC(O)C1)C3C1CCNC(N)C1. The molecule has 2 bridgehead atoms. The summed E-state index contributed by atoms with van der Waals surface area (Å²) in [6.45, 7) is 6.48. The number of Topliss-reactive ketones (excluding diaryl/α,β-unsaturated/α-hetero) is 1. The number of aliphatic hydroxyl groups excluding tert-OH is 4. The molecule has 13 heteroatoms. The number of rotatable bonds is 8.